The molecule has 1 heterocycles. The van der Waals surface area contributed by atoms with Gasteiger partial charge in [-0.3, -0.25) is 9.69 Å². The first-order valence-electron chi connectivity index (χ1n) is 5.31. The van der Waals surface area contributed by atoms with Crippen LogP contribution in [-0.2, 0) is 9.53 Å². The van der Waals surface area contributed by atoms with E-state index in [-0.39, 0.29) is 0 Å². The van der Waals surface area contributed by atoms with Gasteiger partial charge in [-0.15, -0.1) is 0 Å². The van der Waals surface area contributed by atoms with Gasteiger partial charge in [0.15, 0.2) is 0 Å². The number of nitrogens with zero attached hydrogens (tertiary/aromatic N) is 1. The van der Waals surface area contributed by atoms with E-state index < -0.39 is 12.0 Å². The minimum atomic E-state index is -0.744. The number of hydrogen-bond donors (Lipinski definition) is 2. The van der Waals surface area contributed by atoms with Crippen LogP contribution in [0, 0.1) is 5.92 Å². The van der Waals surface area contributed by atoms with Crippen molar-refractivity contribution in [3.63, 3.8) is 0 Å². The molecule has 0 spiro atoms. The normalized spacial score (nSPS) is 25.1. The molecule has 2 N–H and O–H groups in total. The third-order valence-electron chi connectivity index (χ3n) is 2.64. The summed E-state index contributed by atoms with van der Waals surface area (Å²) in [5.74, 6) is -0.373. The predicted molar refractivity (Wildman–Crippen MR) is 56.9 cm³/mol. The molecule has 88 valence electrons. The Hall–Kier alpha value is -0.650. The lowest BCUT2D eigenvalue weighted by Gasteiger charge is -2.34. The van der Waals surface area contributed by atoms with E-state index in [0.717, 1.165) is 19.6 Å². The van der Waals surface area contributed by atoms with Gasteiger partial charge in [0.1, 0.15) is 6.04 Å². The minimum absolute atomic E-state index is 0.370. The lowest BCUT2D eigenvalue weighted by molar-refractivity contribution is -0.144. The van der Waals surface area contributed by atoms with E-state index in [2.05, 4.69) is 12.2 Å². The van der Waals surface area contributed by atoms with Gasteiger partial charge < -0.3 is 15.2 Å². The van der Waals surface area contributed by atoms with Crippen molar-refractivity contribution in [2.45, 2.75) is 13.0 Å². The second-order valence-corrected chi connectivity index (χ2v) is 4.11. The Kier molecular flexibility index (Phi) is 5.01. The van der Waals surface area contributed by atoms with E-state index in [1.165, 1.54) is 0 Å². The molecular weight excluding hydrogens is 196 g/mol. The van der Waals surface area contributed by atoms with Crippen molar-refractivity contribution in [3.05, 3.63) is 0 Å². The average Bonchev–Trinajstić information content (AvgIpc) is 2.18. The van der Waals surface area contributed by atoms with E-state index in [0.29, 0.717) is 19.1 Å². The second-order valence-electron chi connectivity index (χ2n) is 4.11. The first-order valence-corrected chi connectivity index (χ1v) is 5.31. The van der Waals surface area contributed by atoms with Crippen molar-refractivity contribution >= 4 is 5.97 Å². The summed E-state index contributed by atoms with van der Waals surface area (Å²) in [6.07, 6.45) is 0. The number of ether oxygens (including phenoxy) is 1. The topological polar surface area (TPSA) is 61.8 Å². The highest BCUT2D eigenvalue weighted by atomic mass is 16.5. The molecule has 5 heteroatoms. The summed E-state index contributed by atoms with van der Waals surface area (Å²) in [5, 5.41) is 12.1. The first kappa shape index (κ1) is 12.4. The number of carbonyl (C=O) groups is 1. The summed E-state index contributed by atoms with van der Waals surface area (Å²) in [6, 6.07) is -0.391. The van der Waals surface area contributed by atoms with Crippen LogP contribution in [0.25, 0.3) is 0 Å². The van der Waals surface area contributed by atoms with Gasteiger partial charge in [0.25, 0.3) is 0 Å². The number of rotatable bonds is 5. The van der Waals surface area contributed by atoms with Crippen molar-refractivity contribution in [1.82, 2.24) is 10.2 Å². The van der Waals surface area contributed by atoms with Gasteiger partial charge in [0, 0.05) is 39.9 Å². The quantitative estimate of drug-likeness (QED) is 0.656. The molecule has 1 saturated heterocycles. The van der Waals surface area contributed by atoms with E-state index in [1.54, 1.807) is 7.11 Å². The Morgan fingerprint density at radius 3 is 3.07 bits per heavy atom. The number of piperazine rings is 1. The monoisotopic (exact) mass is 216 g/mol. The van der Waals surface area contributed by atoms with E-state index in [9.17, 15) is 4.79 Å². The molecule has 5 nitrogen and oxygen atoms in total. The molecule has 1 fully saturated rings. The zero-order valence-electron chi connectivity index (χ0n) is 9.40. The molecule has 0 bridgehead atoms. The van der Waals surface area contributed by atoms with Crippen LogP contribution in [-0.4, -0.2) is 61.9 Å². The van der Waals surface area contributed by atoms with Crippen LogP contribution in [0.1, 0.15) is 6.92 Å². The van der Waals surface area contributed by atoms with Crippen LogP contribution < -0.4 is 5.32 Å². The first-order chi connectivity index (χ1) is 7.15. The second kappa shape index (κ2) is 6.05. The van der Waals surface area contributed by atoms with Gasteiger partial charge in [0.2, 0.25) is 0 Å². The van der Waals surface area contributed by atoms with Crippen LogP contribution >= 0.6 is 0 Å². The summed E-state index contributed by atoms with van der Waals surface area (Å²) in [7, 11) is 1.67. The molecule has 0 amide bonds. The van der Waals surface area contributed by atoms with Crippen LogP contribution in [0.4, 0.5) is 0 Å². The average molecular weight is 216 g/mol. The predicted octanol–water partition coefficient (Wildman–Crippen LogP) is -0.373. The maximum atomic E-state index is 11.0. The lowest BCUT2D eigenvalue weighted by Crippen LogP contribution is -2.56. The van der Waals surface area contributed by atoms with Gasteiger partial charge in [0.05, 0.1) is 0 Å². The van der Waals surface area contributed by atoms with E-state index in [1.807, 2.05) is 4.90 Å². The highest BCUT2D eigenvalue weighted by Crippen LogP contribution is 2.08. The van der Waals surface area contributed by atoms with Gasteiger partial charge in [-0.1, -0.05) is 6.92 Å². The number of carboxylic acid groups (broad SMARTS) is 1. The van der Waals surface area contributed by atoms with Crippen LogP contribution in [0.2, 0.25) is 0 Å². The summed E-state index contributed by atoms with van der Waals surface area (Å²) < 4.78 is 5.05. The molecule has 0 aromatic heterocycles. The van der Waals surface area contributed by atoms with Crippen LogP contribution in [0.15, 0.2) is 0 Å². The highest BCUT2D eigenvalue weighted by Gasteiger charge is 2.28. The molecule has 2 unspecified atom stereocenters. The molecule has 2 atom stereocenters. The Bertz CT molecular complexity index is 211. The zero-order chi connectivity index (χ0) is 11.3. The number of aliphatic carboxylic acids is 1. The zero-order valence-corrected chi connectivity index (χ0v) is 9.40. The van der Waals surface area contributed by atoms with Crippen molar-refractivity contribution in [2.75, 3.05) is 39.9 Å². The third-order valence-corrected chi connectivity index (χ3v) is 2.64. The maximum Gasteiger partial charge on any atom is 0.322 e. The number of nitrogens with one attached hydrogen (secondary N) is 1. The SMILES string of the molecule is COCC(C)CN1CCNCC1C(=O)O. The summed E-state index contributed by atoms with van der Waals surface area (Å²) in [6.45, 7) is 5.73. The largest absolute Gasteiger partial charge is 0.480 e. The Balaban J connectivity index is 2.45. The van der Waals surface area contributed by atoms with Crippen LogP contribution in [0.5, 0.6) is 0 Å². The Morgan fingerprint density at radius 1 is 1.73 bits per heavy atom. The van der Waals surface area contributed by atoms with E-state index in [4.69, 9.17) is 9.84 Å². The molecule has 1 rings (SSSR count). The Morgan fingerprint density at radius 2 is 2.47 bits per heavy atom. The lowest BCUT2D eigenvalue weighted by atomic mass is 10.1. The molecule has 1 aliphatic heterocycles. The van der Waals surface area contributed by atoms with Crippen molar-refractivity contribution in [3.8, 4) is 0 Å². The van der Waals surface area contributed by atoms with Crippen molar-refractivity contribution in [1.29, 1.82) is 0 Å². The fourth-order valence-electron chi connectivity index (χ4n) is 1.95. The summed E-state index contributed by atoms with van der Waals surface area (Å²) >= 11 is 0. The van der Waals surface area contributed by atoms with Gasteiger partial charge in [-0.05, 0) is 5.92 Å². The fourth-order valence-corrected chi connectivity index (χ4v) is 1.95. The molecule has 0 saturated carbocycles. The smallest absolute Gasteiger partial charge is 0.322 e. The van der Waals surface area contributed by atoms with Gasteiger partial charge in [-0.2, -0.15) is 0 Å². The van der Waals surface area contributed by atoms with Crippen molar-refractivity contribution in [2.24, 2.45) is 5.92 Å². The summed E-state index contributed by atoms with van der Waals surface area (Å²) in [5.41, 5.74) is 0. The summed E-state index contributed by atoms with van der Waals surface area (Å²) in [4.78, 5) is 13.0. The molecule has 1 aliphatic rings. The number of hydrogen-bond acceptors (Lipinski definition) is 4. The fraction of sp³-hybridized carbons (Fsp3) is 0.900. The number of carboxylic acids is 1. The Labute approximate surface area is 90.4 Å². The highest BCUT2D eigenvalue weighted by molar-refractivity contribution is 5.73. The number of methoxy groups -OCH3 is 1. The van der Waals surface area contributed by atoms with E-state index >= 15 is 0 Å². The molecule has 15 heavy (non-hydrogen) atoms. The maximum absolute atomic E-state index is 11.0. The standard InChI is InChI=1S/C10H20N2O3/c1-8(7-15-2)6-12-4-3-11-5-9(12)10(13)14/h8-9,11H,3-7H2,1-2H3,(H,13,14). The molecule has 0 aliphatic carbocycles. The molecule has 0 aromatic carbocycles. The van der Waals surface area contributed by atoms with Gasteiger partial charge >= 0.3 is 5.97 Å². The molecular formula is C10H20N2O3. The molecule has 0 radical (unpaired) electrons. The molecule has 0 aromatic rings. The van der Waals surface area contributed by atoms with Crippen LogP contribution in [0.3, 0.4) is 0 Å². The third kappa shape index (κ3) is 3.77. The minimum Gasteiger partial charge on any atom is -0.480 e. The van der Waals surface area contributed by atoms with Crippen molar-refractivity contribution < 1.29 is 14.6 Å². The van der Waals surface area contributed by atoms with Gasteiger partial charge in [-0.25, -0.2) is 0 Å².